The fraction of sp³-hybridized carbons (Fsp3) is 0.300. The first-order valence-corrected chi connectivity index (χ1v) is 10.4. The highest BCUT2D eigenvalue weighted by atomic mass is 32.2. The van der Waals surface area contributed by atoms with Crippen LogP contribution in [0.25, 0.3) is 28.4 Å². The van der Waals surface area contributed by atoms with Crippen LogP contribution in [0.3, 0.4) is 0 Å². The number of fused-ring (bicyclic) bond motifs is 2. The van der Waals surface area contributed by atoms with Crippen molar-refractivity contribution in [2.45, 2.75) is 11.8 Å². The average molecular weight is 411 g/mol. The van der Waals surface area contributed by atoms with E-state index in [9.17, 15) is 0 Å². The zero-order valence-electron chi connectivity index (χ0n) is 16.1. The van der Waals surface area contributed by atoms with Gasteiger partial charge in [-0.15, -0.1) is 11.8 Å². The quantitative estimate of drug-likeness (QED) is 0.620. The lowest BCUT2D eigenvalue weighted by molar-refractivity contribution is -0.106. The smallest absolute Gasteiger partial charge is 0.162 e. The van der Waals surface area contributed by atoms with Crippen molar-refractivity contribution in [1.82, 2.24) is 20.2 Å². The van der Waals surface area contributed by atoms with Gasteiger partial charge in [0, 0.05) is 35.5 Å². The Kier molecular flexibility index (Phi) is 5.77. The van der Waals surface area contributed by atoms with Crippen molar-refractivity contribution in [3.8, 4) is 11.4 Å². The number of aldehydes is 1. The van der Waals surface area contributed by atoms with Crippen LogP contribution in [0, 0.1) is 0 Å². The molecule has 0 bridgehead atoms. The molecule has 0 amide bonds. The highest BCUT2D eigenvalue weighted by Crippen LogP contribution is 2.38. The number of morpholine rings is 1. The molecule has 0 saturated carbocycles. The van der Waals surface area contributed by atoms with Gasteiger partial charge in [0.05, 0.1) is 35.5 Å². The molecular formula is C20H22N6O2S. The number of H-pyrrole nitrogens is 1. The van der Waals surface area contributed by atoms with Gasteiger partial charge in [-0.3, -0.25) is 5.10 Å². The normalized spacial score (nSPS) is 15.9. The van der Waals surface area contributed by atoms with Crippen molar-refractivity contribution in [2.75, 3.05) is 37.0 Å². The number of nitrogens with two attached hydrogens (primary N) is 1. The van der Waals surface area contributed by atoms with Crippen LogP contribution in [0.1, 0.15) is 12.6 Å². The number of nitrogens with one attached hydrogen (secondary N) is 1. The van der Waals surface area contributed by atoms with Crippen LogP contribution in [0.4, 0.5) is 5.82 Å². The number of aromatic amines is 1. The number of hydrogen-bond donors (Lipinski definition) is 2. The van der Waals surface area contributed by atoms with E-state index in [-0.39, 0.29) is 0 Å². The Morgan fingerprint density at radius 3 is 2.86 bits per heavy atom. The molecule has 9 heteroatoms. The first-order chi connectivity index (χ1) is 14.2. The SMILES string of the molecule is CC=O.NC1=Cc2nc(-c3cccc4[nH]ncc34)nc(N3CCOCC3)c2SC1. The summed E-state index contributed by atoms with van der Waals surface area (Å²) in [6.07, 6.45) is 4.54. The molecule has 3 N–H and O–H groups in total. The average Bonchev–Trinajstić information content (AvgIpc) is 3.23. The fourth-order valence-electron chi connectivity index (χ4n) is 3.34. The lowest BCUT2D eigenvalue weighted by Gasteiger charge is -2.30. The van der Waals surface area contributed by atoms with Crippen molar-refractivity contribution in [3.63, 3.8) is 0 Å². The Balaban J connectivity index is 0.000000645. The number of rotatable bonds is 2. The van der Waals surface area contributed by atoms with Gasteiger partial charge in [-0.05, 0) is 19.1 Å². The van der Waals surface area contributed by atoms with Gasteiger partial charge in [-0.25, -0.2) is 9.97 Å². The molecular weight excluding hydrogens is 388 g/mol. The van der Waals surface area contributed by atoms with Gasteiger partial charge in [-0.2, -0.15) is 5.10 Å². The van der Waals surface area contributed by atoms with E-state index in [1.165, 1.54) is 6.92 Å². The summed E-state index contributed by atoms with van der Waals surface area (Å²) in [6.45, 7) is 4.54. The molecule has 150 valence electrons. The molecule has 2 aliphatic rings. The first kappa shape index (κ1) is 19.4. The van der Waals surface area contributed by atoms with Gasteiger partial charge in [0.2, 0.25) is 0 Å². The number of nitrogens with zero attached hydrogens (tertiary/aromatic N) is 4. The Morgan fingerprint density at radius 2 is 2.07 bits per heavy atom. The highest BCUT2D eigenvalue weighted by Gasteiger charge is 2.24. The summed E-state index contributed by atoms with van der Waals surface area (Å²) >= 11 is 1.71. The van der Waals surface area contributed by atoms with Gasteiger partial charge in [-0.1, -0.05) is 12.1 Å². The molecule has 29 heavy (non-hydrogen) atoms. The Bertz CT molecular complexity index is 1060. The van der Waals surface area contributed by atoms with Crippen LogP contribution in [0.5, 0.6) is 0 Å². The molecule has 3 aromatic rings. The lowest BCUT2D eigenvalue weighted by atomic mass is 10.1. The van der Waals surface area contributed by atoms with Crippen LogP contribution in [-0.4, -0.2) is 58.5 Å². The molecule has 5 rings (SSSR count). The molecule has 1 fully saturated rings. The number of ether oxygens (including phenoxy) is 1. The van der Waals surface area contributed by atoms with Crippen LogP contribution >= 0.6 is 11.8 Å². The van der Waals surface area contributed by atoms with Crippen molar-refractivity contribution >= 4 is 40.8 Å². The molecule has 0 spiro atoms. The molecule has 8 nitrogen and oxygen atoms in total. The zero-order chi connectivity index (χ0) is 20.2. The Labute approximate surface area is 172 Å². The third kappa shape index (κ3) is 3.96. The third-order valence-electron chi connectivity index (χ3n) is 4.62. The number of benzene rings is 1. The maximum atomic E-state index is 8.81. The molecule has 4 heterocycles. The number of carbonyl (C=O) groups is 1. The van der Waals surface area contributed by atoms with E-state index < -0.39 is 0 Å². The lowest BCUT2D eigenvalue weighted by Crippen LogP contribution is -2.37. The van der Waals surface area contributed by atoms with Gasteiger partial charge < -0.3 is 20.2 Å². The van der Waals surface area contributed by atoms with Crippen molar-refractivity contribution in [3.05, 3.63) is 35.8 Å². The summed E-state index contributed by atoms with van der Waals surface area (Å²) in [5.74, 6) is 2.44. The van der Waals surface area contributed by atoms with E-state index in [1.54, 1.807) is 11.8 Å². The molecule has 1 aromatic carbocycles. The maximum absolute atomic E-state index is 8.81. The summed E-state index contributed by atoms with van der Waals surface area (Å²) in [4.78, 5) is 22.0. The number of aromatic nitrogens is 4. The predicted octanol–water partition coefficient (Wildman–Crippen LogP) is 2.47. The highest BCUT2D eigenvalue weighted by molar-refractivity contribution is 7.99. The first-order valence-electron chi connectivity index (χ1n) is 9.37. The number of thioether (sulfide) groups is 1. The second kappa shape index (κ2) is 8.62. The van der Waals surface area contributed by atoms with Crippen molar-refractivity contribution < 1.29 is 9.53 Å². The standard InChI is InChI=1S/C18H18N6OS.C2H4O/c19-11-8-15-16(26-10-11)18(24-4-6-25-7-5-24)22-17(21-15)12-2-1-3-14-13(12)9-20-23-14;1-2-3/h1-3,8-9H,4-7,10,19H2,(H,20,23);2H,1H3. The minimum absolute atomic E-state index is 0.698. The summed E-state index contributed by atoms with van der Waals surface area (Å²) in [6, 6.07) is 6.03. The molecule has 0 aliphatic carbocycles. The third-order valence-corrected chi connectivity index (χ3v) is 5.77. The van der Waals surface area contributed by atoms with Crippen LogP contribution < -0.4 is 10.6 Å². The molecule has 2 aromatic heterocycles. The molecule has 1 saturated heterocycles. The van der Waals surface area contributed by atoms with Crippen molar-refractivity contribution in [1.29, 1.82) is 0 Å². The number of carbonyl (C=O) groups excluding carboxylic acids is 1. The van der Waals surface area contributed by atoms with Gasteiger partial charge >= 0.3 is 0 Å². The van der Waals surface area contributed by atoms with Crippen LogP contribution in [-0.2, 0) is 9.53 Å². The van der Waals surface area contributed by atoms with E-state index >= 15 is 0 Å². The zero-order valence-corrected chi connectivity index (χ0v) is 16.9. The summed E-state index contributed by atoms with van der Waals surface area (Å²) < 4.78 is 5.51. The van der Waals surface area contributed by atoms with E-state index in [0.717, 1.165) is 63.7 Å². The van der Waals surface area contributed by atoms with Crippen LogP contribution in [0.15, 0.2) is 35.0 Å². The predicted molar refractivity (Wildman–Crippen MR) is 115 cm³/mol. The molecule has 2 aliphatic heterocycles. The molecule has 0 radical (unpaired) electrons. The van der Waals surface area contributed by atoms with Gasteiger partial charge in [0.15, 0.2) is 5.82 Å². The Hall–Kier alpha value is -2.91. The minimum atomic E-state index is 0.698. The molecule has 0 atom stereocenters. The molecule has 0 unspecified atom stereocenters. The fourth-order valence-corrected chi connectivity index (χ4v) is 4.29. The number of hydrogen-bond acceptors (Lipinski definition) is 8. The van der Waals surface area contributed by atoms with E-state index in [4.69, 9.17) is 25.2 Å². The van der Waals surface area contributed by atoms with Crippen molar-refractivity contribution in [2.24, 2.45) is 5.73 Å². The topological polar surface area (TPSA) is 110 Å². The van der Waals surface area contributed by atoms with E-state index in [0.29, 0.717) is 19.0 Å². The van der Waals surface area contributed by atoms with Gasteiger partial charge in [0.1, 0.15) is 12.1 Å². The Morgan fingerprint density at radius 1 is 1.28 bits per heavy atom. The maximum Gasteiger partial charge on any atom is 0.162 e. The number of anilines is 1. The van der Waals surface area contributed by atoms with Crippen LogP contribution in [0.2, 0.25) is 0 Å². The van der Waals surface area contributed by atoms with E-state index in [2.05, 4.69) is 15.1 Å². The van der Waals surface area contributed by atoms with E-state index in [1.807, 2.05) is 30.5 Å². The monoisotopic (exact) mass is 410 g/mol. The second-order valence-corrected chi connectivity index (χ2v) is 7.55. The van der Waals surface area contributed by atoms with Gasteiger partial charge in [0.25, 0.3) is 0 Å². The largest absolute Gasteiger partial charge is 0.401 e. The summed E-state index contributed by atoms with van der Waals surface area (Å²) in [5.41, 5.74) is 9.74. The summed E-state index contributed by atoms with van der Waals surface area (Å²) in [7, 11) is 0. The second-order valence-electron chi connectivity index (χ2n) is 6.57. The minimum Gasteiger partial charge on any atom is -0.401 e. The summed E-state index contributed by atoms with van der Waals surface area (Å²) in [5, 5.41) is 8.18.